The van der Waals surface area contributed by atoms with Gasteiger partial charge in [0.15, 0.2) is 22.9 Å². The number of methoxy groups -OCH3 is 1. The van der Waals surface area contributed by atoms with Crippen LogP contribution in [0.2, 0.25) is 0 Å². The first-order chi connectivity index (χ1) is 17.5. The molecule has 1 unspecified atom stereocenters. The van der Waals surface area contributed by atoms with E-state index in [-0.39, 0.29) is 11.3 Å². The van der Waals surface area contributed by atoms with Gasteiger partial charge in [0.25, 0.3) is 5.91 Å². The van der Waals surface area contributed by atoms with Crippen molar-refractivity contribution in [1.29, 1.82) is 0 Å². The zero-order valence-corrected chi connectivity index (χ0v) is 19.0. The van der Waals surface area contributed by atoms with E-state index in [1.165, 1.54) is 36.3 Å². The first-order valence-electron chi connectivity index (χ1n) is 11.2. The molecule has 0 bridgehead atoms. The van der Waals surface area contributed by atoms with Crippen LogP contribution in [0.4, 0.5) is 10.1 Å². The first-order valence-corrected chi connectivity index (χ1v) is 11.2. The monoisotopic (exact) mass is 482 g/mol. The quantitative estimate of drug-likeness (QED) is 0.307. The Balaban J connectivity index is 1.54. The highest BCUT2D eigenvalue weighted by Crippen LogP contribution is 2.44. The molecular weight excluding hydrogens is 463 g/mol. The summed E-state index contributed by atoms with van der Waals surface area (Å²) in [4.78, 5) is 31.7. The predicted molar refractivity (Wildman–Crippen MR) is 132 cm³/mol. The van der Waals surface area contributed by atoms with Crippen LogP contribution < -0.4 is 9.64 Å². The van der Waals surface area contributed by atoms with E-state index in [1.54, 1.807) is 30.5 Å². The summed E-state index contributed by atoms with van der Waals surface area (Å²) in [6.45, 7) is 0. The molecule has 1 aliphatic rings. The van der Waals surface area contributed by atoms with Crippen LogP contribution in [0.15, 0.2) is 94.7 Å². The lowest BCUT2D eigenvalue weighted by Gasteiger charge is -2.26. The van der Waals surface area contributed by atoms with Crippen molar-refractivity contribution in [3.8, 4) is 5.75 Å². The number of aliphatic hydroxyl groups excluding tert-OH is 1. The Hall–Kier alpha value is -4.85. The molecule has 8 heteroatoms. The van der Waals surface area contributed by atoms with Crippen molar-refractivity contribution < 1.29 is 28.2 Å². The highest BCUT2D eigenvalue weighted by atomic mass is 19.1. The van der Waals surface area contributed by atoms with Gasteiger partial charge in [0.05, 0.1) is 18.7 Å². The Kier molecular flexibility index (Phi) is 4.89. The summed E-state index contributed by atoms with van der Waals surface area (Å²) in [6, 6.07) is 18.6. The molecule has 5 aromatic rings. The van der Waals surface area contributed by atoms with Gasteiger partial charge in [-0.1, -0.05) is 30.3 Å². The predicted octanol–water partition coefficient (Wildman–Crippen LogP) is 5.84. The third kappa shape index (κ3) is 3.19. The Bertz CT molecular complexity index is 1700. The van der Waals surface area contributed by atoms with E-state index in [4.69, 9.17) is 9.15 Å². The maximum absolute atomic E-state index is 13.8. The summed E-state index contributed by atoms with van der Waals surface area (Å²) in [5, 5.41) is 12.4. The largest absolute Gasteiger partial charge is 0.503 e. The van der Waals surface area contributed by atoms with Gasteiger partial charge in [0.1, 0.15) is 5.82 Å². The molecule has 2 N–H and O–H groups in total. The minimum atomic E-state index is -0.985. The van der Waals surface area contributed by atoms with Crippen molar-refractivity contribution in [3.63, 3.8) is 0 Å². The number of anilines is 1. The van der Waals surface area contributed by atoms with Crippen LogP contribution in [0.1, 0.15) is 22.2 Å². The van der Waals surface area contributed by atoms with Crippen molar-refractivity contribution in [3.05, 3.63) is 107 Å². The number of Topliss-reactive ketones (excluding diaryl/α,β-unsaturated/α-hetero) is 1. The number of H-pyrrole nitrogens is 1. The molecule has 36 heavy (non-hydrogen) atoms. The third-order valence-electron chi connectivity index (χ3n) is 6.43. The number of carbonyl (C=O) groups is 2. The average Bonchev–Trinajstić information content (AvgIpc) is 3.59. The van der Waals surface area contributed by atoms with Gasteiger partial charge < -0.3 is 19.2 Å². The lowest BCUT2D eigenvalue weighted by Crippen LogP contribution is -2.31. The molecule has 0 aliphatic carbocycles. The van der Waals surface area contributed by atoms with Gasteiger partial charge >= 0.3 is 0 Å². The number of rotatable bonds is 5. The molecule has 2 aromatic heterocycles. The second-order valence-corrected chi connectivity index (χ2v) is 8.42. The van der Waals surface area contributed by atoms with Crippen molar-refractivity contribution in [1.82, 2.24) is 4.98 Å². The van der Waals surface area contributed by atoms with Crippen molar-refractivity contribution in [2.24, 2.45) is 0 Å². The second kappa shape index (κ2) is 8.13. The number of hydrogen-bond donors (Lipinski definition) is 2. The number of carbonyl (C=O) groups excluding carboxylic acids is 2. The number of fused-ring (bicyclic) bond motifs is 2. The Morgan fingerprint density at radius 3 is 2.64 bits per heavy atom. The molecule has 3 aromatic carbocycles. The highest BCUT2D eigenvalue weighted by Gasteiger charge is 2.46. The summed E-state index contributed by atoms with van der Waals surface area (Å²) in [5.74, 6) is -2.17. The first kappa shape index (κ1) is 21.7. The van der Waals surface area contributed by atoms with Gasteiger partial charge in [-0.25, -0.2) is 4.39 Å². The van der Waals surface area contributed by atoms with E-state index in [0.717, 1.165) is 10.9 Å². The van der Waals surface area contributed by atoms with E-state index in [1.807, 2.05) is 24.3 Å². The van der Waals surface area contributed by atoms with Gasteiger partial charge in [-0.15, -0.1) is 0 Å². The summed E-state index contributed by atoms with van der Waals surface area (Å²) < 4.78 is 24.9. The summed E-state index contributed by atoms with van der Waals surface area (Å²) in [7, 11) is 1.50. The van der Waals surface area contributed by atoms with E-state index in [0.29, 0.717) is 28.0 Å². The van der Waals surface area contributed by atoms with Crippen molar-refractivity contribution in [2.75, 3.05) is 12.0 Å². The number of nitrogens with one attached hydrogen (secondary N) is 1. The zero-order chi connectivity index (χ0) is 25.0. The van der Waals surface area contributed by atoms with Gasteiger partial charge in [-0.05, 0) is 42.5 Å². The van der Waals surface area contributed by atoms with Gasteiger partial charge in [0, 0.05) is 33.7 Å². The highest BCUT2D eigenvalue weighted by molar-refractivity contribution is 6.21. The Labute approximate surface area is 204 Å². The molecule has 0 spiro atoms. The maximum atomic E-state index is 13.8. The molecule has 6 rings (SSSR count). The maximum Gasteiger partial charge on any atom is 0.294 e. The number of aliphatic hydroxyl groups is 1. The number of halogens is 1. The number of para-hydroxylation sites is 2. The fourth-order valence-corrected chi connectivity index (χ4v) is 4.76. The molecule has 0 saturated carbocycles. The normalized spacial score (nSPS) is 15.9. The molecule has 0 fully saturated rings. The zero-order valence-electron chi connectivity index (χ0n) is 19.0. The lowest BCUT2D eigenvalue weighted by molar-refractivity contribution is -0.117. The number of ether oxygens (including phenoxy) is 1. The topological polar surface area (TPSA) is 95.8 Å². The number of ketones is 1. The SMILES string of the molecule is COc1cccc2cc(C(=O)C3=C(O)C(=O)N(c4ccc(F)cc4)C3c3c[nH]c4ccccc34)oc12. The van der Waals surface area contributed by atoms with Crippen LogP contribution in [0, 0.1) is 5.82 Å². The van der Waals surface area contributed by atoms with Crippen LogP contribution in [0.5, 0.6) is 5.75 Å². The molecule has 0 radical (unpaired) electrons. The summed E-state index contributed by atoms with van der Waals surface area (Å²) in [5.41, 5.74) is 1.98. The number of hydrogen-bond acceptors (Lipinski definition) is 5. The number of nitrogens with zero attached hydrogens (tertiary/aromatic N) is 1. The molecular formula is C28H19FN2O5. The smallest absolute Gasteiger partial charge is 0.294 e. The van der Waals surface area contributed by atoms with Gasteiger partial charge in [0.2, 0.25) is 5.78 Å². The fourth-order valence-electron chi connectivity index (χ4n) is 4.76. The third-order valence-corrected chi connectivity index (χ3v) is 6.43. The number of aromatic amines is 1. The number of amides is 1. The Morgan fingerprint density at radius 1 is 1.08 bits per heavy atom. The number of furan rings is 1. The standard InChI is InChI=1S/C28H19FN2O5/c1-35-21-8-4-5-15-13-22(36-27(15)21)25(32)23-24(19-14-30-20-7-3-2-6-18(19)20)31(28(34)26(23)33)17-11-9-16(29)10-12-17/h2-14,24,30,33H,1H3. The van der Waals surface area contributed by atoms with E-state index in [9.17, 15) is 19.1 Å². The molecule has 1 aliphatic heterocycles. The molecule has 1 amide bonds. The fraction of sp³-hybridized carbons (Fsp3) is 0.0714. The molecule has 0 saturated heterocycles. The van der Waals surface area contributed by atoms with Crippen LogP contribution in [0.25, 0.3) is 21.9 Å². The van der Waals surface area contributed by atoms with Crippen LogP contribution in [0.3, 0.4) is 0 Å². The van der Waals surface area contributed by atoms with Crippen LogP contribution in [-0.2, 0) is 4.79 Å². The van der Waals surface area contributed by atoms with Crippen molar-refractivity contribution >= 4 is 39.2 Å². The second-order valence-electron chi connectivity index (χ2n) is 8.42. The van der Waals surface area contributed by atoms with E-state index < -0.39 is 29.3 Å². The molecule has 7 nitrogen and oxygen atoms in total. The molecule has 178 valence electrons. The average molecular weight is 482 g/mol. The Morgan fingerprint density at radius 2 is 1.86 bits per heavy atom. The van der Waals surface area contributed by atoms with Crippen molar-refractivity contribution in [2.45, 2.75) is 6.04 Å². The van der Waals surface area contributed by atoms with Gasteiger partial charge in [-0.2, -0.15) is 0 Å². The minimum Gasteiger partial charge on any atom is -0.503 e. The van der Waals surface area contributed by atoms with E-state index >= 15 is 0 Å². The molecule has 1 atom stereocenters. The molecule has 3 heterocycles. The minimum absolute atomic E-state index is 0.0466. The van der Waals surface area contributed by atoms with Gasteiger partial charge in [-0.3, -0.25) is 14.5 Å². The lowest BCUT2D eigenvalue weighted by atomic mass is 9.94. The number of benzene rings is 3. The van der Waals surface area contributed by atoms with E-state index in [2.05, 4.69) is 4.98 Å². The summed E-state index contributed by atoms with van der Waals surface area (Å²) in [6.07, 6.45) is 1.70. The summed E-state index contributed by atoms with van der Waals surface area (Å²) >= 11 is 0. The number of aromatic nitrogens is 1. The van der Waals surface area contributed by atoms with Crippen LogP contribution in [-0.4, -0.2) is 28.9 Å². The van der Waals surface area contributed by atoms with Crippen LogP contribution >= 0.6 is 0 Å².